The summed E-state index contributed by atoms with van der Waals surface area (Å²) in [5.74, 6) is -1.71. The van der Waals surface area contributed by atoms with Gasteiger partial charge in [0.05, 0.1) is 5.92 Å². The zero-order chi connectivity index (χ0) is 14.4. The number of aryl methyl sites for hydroxylation is 1. The van der Waals surface area contributed by atoms with E-state index in [9.17, 15) is 9.18 Å². The van der Waals surface area contributed by atoms with Gasteiger partial charge in [-0.2, -0.15) is 0 Å². The van der Waals surface area contributed by atoms with E-state index in [0.29, 0.717) is 18.5 Å². The maximum absolute atomic E-state index is 13.1. The van der Waals surface area contributed by atoms with Gasteiger partial charge >= 0.3 is 0 Å². The summed E-state index contributed by atoms with van der Waals surface area (Å²) in [5, 5.41) is 14.1. The van der Waals surface area contributed by atoms with Crippen molar-refractivity contribution in [2.45, 2.75) is 26.7 Å². The first-order valence-corrected chi connectivity index (χ1v) is 6.04. The molecule has 0 aliphatic heterocycles. The van der Waals surface area contributed by atoms with Gasteiger partial charge in [0.25, 0.3) is 0 Å². The van der Waals surface area contributed by atoms with Crippen LogP contribution in [0, 0.1) is 18.7 Å². The number of oxime groups is 1. The van der Waals surface area contributed by atoms with Crippen LogP contribution in [0.3, 0.4) is 0 Å². The molecule has 0 spiro atoms. The lowest BCUT2D eigenvalue weighted by Gasteiger charge is -2.15. The molecular formula is C13H18FN3O2. The summed E-state index contributed by atoms with van der Waals surface area (Å²) in [6.07, 6.45) is 1.16. The van der Waals surface area contributed by atoms with Crippen molar-refractivity contribution in [3.8, 4) is 0 Å². The van der Waals surface area contributed by atoms with E-state index < -0.39 is 17.6 Å². The Balaban J connectivity index is 2.90. The minimum atomic E-state index is -0.724. The molecule has 0 aliphatic carbocycles. The second-order valence-corrected chi connectivity index (χ2v) is 4.31. The van der Waals surface area contributed by atoms with Crippen LogP contribution < -0.4 is 11.1 Å². The lowest BCUT2D eigenvalue weighted by Crippen LogP contribution is -2.34. The third-order valence-corrected chi connectivity index (χ3v) is 2.82. The summed E-state index contributed by atoms with van der Waals surface area (Å²) in [5.41, 5.74) is 6.62. The summed E-state index contributed by atoms with van der Waals surface area (Å²) in [6, 6.07) is 4.13. The largest absolute Gasteiger partial charge is 0.409 e. The third kappa shape index (κ3) is 3.94. The predicted molar refractivity (Wildman–Crippen MR) is 71.6 cm³/mol. The normalized spacial score (nSPS) is 13.1. The number of rotatable bonds is 5. The molecule has 0 saturated carbocycles. The zero-order valence-electron chi connectivity index (χ0n) is 11.0. The summed E-state index contributed by atoms with van der Waals surface area (Å²) in [7, 11) is 0. The fourth-order valence-electron chi connectivity index (χ4n) is 1.72. The van der Waals surface area contributed by atoms with Crippen LogP contribution in [0.4, 0.5) is 10.1 Å². The number of hydrogen-bond acceptors (Lipinski definition) is 3. The van der Waals surface area contributed by atoms with Crippen LogP contribution >= 0.6 is 0 Å². The maximum Gasteiger partial charge on any atom is 0.235 e. The average molecular weight is 267 g/mol. The van der Waals surface area contributed by atoms with Gasteiger partial charge < -0.3 is 16.3 Å². The van der Waals surface area contributed by atoms with Crippen LogP contribution in [0.25, 0.3) is 0 Å². The fourth-order valence-corrected chi connectivity index (χ4v) is 1.72. The molecule has 1 amide bonds. The highest BCUT2D eigenvalue weighted by Crippen LogP contribution is 2.18. The molecule has 0 fully saturated rings. The molecule has 1 atom stereocenters. The number of anilines is 1. The smallest absolute Gasteiger partial charge is 0.235 e. The molecule has 5 nitrogen and oxygen atoms in total. The van der Waals surface area contributed by atoms with E-state index in [4.69, 9.17) is 10.9 Å². The van der Waals surface area contributed by atoms with Gasteiger partial charge in [-0.15, -0.1) is 0 Å². The molecule has 0 aromatic heterocycles. The average Bonchev–Trinajstić information content (AvgIpc) is 2.39. The summed E-state index contributed by atoms with van der Waals surface area (Å²) < 4.78 is 13.1. The quantitative estimate of drug-likeness (QED) is 0.331. The molecule has 1 aromatic carbocycles. The van der Waals surface area contributed by atoms with Crippen molar-refractivity contribution >= 4 is 17.4 Å². The Hall–Kier alpha value is -2.11. The summed E-state index contributed by atoms with van der Waals surface area (Å²) in [6.45, 7) is 3.64. The van der Waals surface area contributed by atoms with E-state index in [1.54, 1.807) is 13.0 Å². The SMILES string of the molecule is CCCC(C(=O)Nc1cc(F)ccc1C)C(N)=NO. The van der Waals surface area contributed by atoms with Gasteiger partial charge in [0, 0.05) is 5.69 Å². The molecular weight excluding hydrogens is 249 g/mol. The summed E-state index contributed by atoms with van der Waals surface area (Å²) in [4.78, 5) is 12.1. The Bertz CT molecular complexity index is 489. The lowest BCUT2D eigenvalue weighted by atomic mass is 10.0. The molecule has 104 valence electrons. The molecule has 0 radical (unpaired) electrons. The Morgan fingerprint density at radius 3 is 2.84 bits per heavy atom. The molecule has 4 N–H and O–H groups in total. The Kier molecular flexibility index (Phi) is 5.29. The second kappa shape index (κ2) is 6.72. The topological polar surface area (TPSA) is 87.7 Å². The van der Waals surface area contributed by atoms with Crippen molar-refractivity contribution in [3.63, 3.8) is 0 Å². The van der Waals surface area contributed by atoms with E-state index in [1.165, 1.54) is 12.1 Å². The molecule has 1 rings (SSSR count). The number of carbonyl (C=O) groups is 1. The zero-order valence-corrected chi connectivity index (χ0v) is 11.0. The van der Waals surface area contributed by atoms with Gasteiger partial charge in [0.2, 0.25) is 5.91 Å². The Labute approximate surface area is 111 Å². The Morgan fingerprint density at radius 2 is 2.26 bits per heavy atom. The van der Waals surface area contributed by atoms with E-state index in [1.807, 2.05) is 6.92 Å². The minimum Gasteiger partial charge on any atom is -0.409 e. The van der Waals surface area contributed by atoms with Gasteiger partial charge in [-0.1, -0.05) is 24.6 Å². The first kappa shape index (κ1) is 14.9. The first-order valence-electron chi connectivity index (χ1n) is 6.04. The standard InChI is InChI=1S/C13H18FN3O2/c1-3-4-10(12(15)17-19)13(18)16-11-7-9(14)6-5-8(11)2/h5-7,10,19H,3-4H2,1-2H3,(H2,15,17)(H,16,18). The number of nitrogens with two attached hydrogens (primary N) is 1. The highest BCUT2D eigenvalue weighted by atomic mass is 19.1. The van der Waals surface area contributed by atoms with Gasteiger partial charge in [-0.05, 0) is 31.0 Å². The van der Waals surface area contributed by atoms with E-state index in [2.05, 4.69) is 10.5 Å². The highest BCUT2D eigenvalue weighted by molar-refractivity contribution is 6.07. The molecule has 6 heteroatoms. The van der Waals surface area contributed by atoms with Crippen LogP contribution in [-0.4, -0.2) is 17.0 Å². The predicted octanol–water partition coefficient (Wildman–Crippen LogP) is 2.24. The van der Waals surface area contributed by atoms with E-state index in [-0.39, 0.29) is 5.84 Å². The van der Waals surface area contributed by atoms with Gasteiger partial charge in [0.15, 0.2) is 5.84 Å². The highest BCUT2D eigenvalue weighted by Gasteiger charge is 2.22. The molecule has 19 heavy (non-hydrogen) atoms. The molecule has 0 aliphatic rings. The second-order valence-electron chi connectivity index (χ2n) is 4.31. The number of nitrogens with zero attached hydrogens (tertiary/aromatic N) is 1. The van der Waals surface area contributed by atoms with Crippen molar-refractivity contribution in [1.29, 1.82) is 0 Å². The maximum atomic E-state index is 13.1. The molecule has 1 unspecified atom stereocenters. The van der Waals surface area contributed by atoms with Crippen molar-refractivity contribution in [2.75, 3.05) is 5.32 Å². The molecule has 0 heterocycles. The first-order chi connectivity index (χ1) is 8.99. The van der Waals surface area contributed by atoms with E-state index >= 15 is 0 Å². The Morgan fingerprint density at radius 1 is 1.58 bits per heavy atom. The van der Waals surface area contributed by atoms with Crippen LogP contribution in [-0.2, 0) is 4.79 Å². The molecule has 0 bridgehead atoms. The van der Waals surface area contributed by atoms with Crippen molar-refractivity contribution in [3.05, 3.63) is 29.6 Å². The number of hydrogen-bond donors (Lipinski definition) is 3. The van der Waals surface area contributed by atoms with Gasteiger partial charge in [-0.3, -0.25) is 4.79 Å². The minimum absolute atomic E-state index is 0.145. The number of nitrogens with one attached hydrogen (secondary N) is 1. The van der Waals surface area contributed by atoms with Crippen LogP contribution in [0.1, 0.15) is 25.3 Å². The third-order valence-electron chi connectivity index (χ3n) is 2.82. The number of halogens is 1. The van der Waals surface area contributed by atoms with Crippen molar-refractivity contribution in [1.82, 2.24) is 0 Å². The number of carbonyl (C=O) groups excluding carboxylic acids is 1. The van der Waals surface area contributed by atoms with Crippen LogP contribution in [0.2, 0.25) is 0 Å². The molecule has 0 saturated heterocycles. The number of amides is 1. The summed E-state index contributed by atoms with van der Waals surface area (Å²) >= 11 is 0. The van der Waals surface area contributed by atoms with Crippen LogP contribution in [0.15, 0.2) is 23.4 Å². The monoisotopic (exact) mass is 267 g/mol. The van der Waals surface area contributed by atoms with Crippen LogP contribution in [0.5, 0.6) is 0 Å². The van der Waals surface area contributed by atoms with E-state index in [0.717, 1.165) is 5.56 Å². The number of amidine groups is 1. The van der Waals surface area contributed by atoms with Crippen molar-refractivity contribution in [2.24, 2.45) is 16.8 Å². The number of benzene rings is 1. The van der Waals surface area contributed by atoms with Crippen molar-refractivity contribution < 1.29 is 14.4 Å². The van der Waals surface area contributed by atoms with Gasteiger partial charge in [-0.25, -0.2) is 4.39 Å². The lowest BCUT2D eigenvalue weighted by molar-refractivity contribution is -0.118. The molecule has 1 aromatic rings. The fraction of sp³-hybridized carbons (Fsp3) is 0.385. The van der Waals surface area contributed by atoms with Gasteiger partial charge in [0.1, 0.15) is 5.82 Å².